The fraction of sp³-hybridized carbons (Fsp3) is 0.200. The highest BCUT2D eigenvalue weighted by molar-refractivity contribution is 6.31. The molecule has 0 heterocycles. The van der Waals surface area contributed by atoms with Crippen LogP contribution in [0.1, 0.15) is 11.1 Å². The van der Waals surface area contributed by atoms with Crippen molar-refractivity contribution in [3.63, 3.8) is 0 Å². The Morgan fingerprint density at radius 2 is 2.05 bits per heavy atom. The van der Waals surface area contributed by atoms with E-state index in [9.17, 15) is 10.1 Å². The Hall–Kier alpha value is -2.27. The number of nitro groups is 1. The third kappa shape index (κ3) is 3.64. The minimum Gasteiger partial charge on any atom is -0.489 e. The van der Waals surface area contributed by atoms with Gasteiger partial charge in [-0.2, -0.15) is 0 Å². The maximum atomic E-state index is 10.9. The highest BCUT2D eigenvalue weighted by Crippen LogP contribution is 2.26. The molecule has 0 bridgehead atoms. The van der Waals surface area contributed by atoms with Crippen molar-refractivity contribution in [3.8, 4) is 5.75 Å². The number of hydrogen-bond donors (Lipinski definition) is 1. The van der Waals surface area contributed by atoms with E-state index in [4.69, 9.17) is 16.3 Å². The van der Waals surface area contributed by atoms with E-state index in [0.717, 1.165) is 11.1 Å². The first-order chi connectivity index (χ1) is 10.0. The maximum absolute atomic E-state index is 10.9. The number of ether oxygens (including phenoxy) is 1. The summed E-state index contributed by atoms with van der Waals surface area (Å²) in [5.74, 6) is 0.710. The van der Waals surface area contributed by atoms with E-state index >= 15 is 0 Å². The van der Waals surface area contributed by atoms with Crippen LogP contribution in [0.25, 0.3) is 0 Å². The molecular weight excluding hydrogens is 292 g/mol. The average Bonchev–Trinajstić information content (AvgIpc) is 2.48. The normalized spacial score (nSPS) is 10.2. The molecule has 0 radical (unpaired) electrons. The van der Waals surface area contributed by atoms with Crippen molar-refractivity contribution in [3.05, 3.63) is 62.7 Å². The van der Waals surface area contributed by atoms with E-state index in [-0.39, 0.29) is 5.69 Å². The van der Waals surface area contributed by atoms with E-state index in [2.05, 4.69) is 5.32 Å². The Morgan fingerprint density at radius 3 is 2.67 bits per heavy atom. The van der Waals surface area contributed by atoms with E-state index < -0.39 is 4.92 Å². The van der Waals surface area contributed by atoms with Gasteiger partial charge in [-0.3, -0.25) is 10.1 Å². The second kappa shape index (κ2) is 6.45. The van der Waals surface area contributed by atoms with Crippen molar-refractivity contribution in [2.75, 3.05) is 12.4 Å². The molecule has 0 fully saturated rings. The molecule has 0 spiro atoms. The molecule has 0 saturated heterocycles. The van der Waals surface area contributed by atoms with Gasteiger partial charge in [0.05, 0.1) is 4.92 Å². The van der Waals surface area contributed by atoms with Crippen molar-refractivity contribution in [2.45, 2.75) is 13.5 Å². The van der Waals surface area contributed by atoms with E-state index in [0.29, 0.717) is 23.1 Å². The molecule has 2 rings (SSSR count). The molecule has 0 amide bonds. The smallest absolute Gasteiger partial charge is 0.292 e. The number of nitrogens with zero attached hydrogens (tertiary/aromatic N) is 1. The van der Waals surface area contributed by atoms with Crippen LogP contribution in [0.2, 0.25) is 5.02 Å². The van der Waals surface area contributed by atoms with Crippen molar-refractivity contribution < 1.29 is 9.66 Å². The number of nitrogens with one attached hydrogen (secondary N) is 1. The summed E-state index contributed by atoms with van der Waals surface area (Å²) in [6.45, 7) is 2.23. The van der Waals surface area contributed by atoms with Crippen LogP contribution in [0.15, 0.2) is 36.4 Å². The molecule has 0 aliphatic rings. The zero-order chi connectivity index (χ0) is 15.4. The summed E-state index contributed by atoms with van der Waals surface area (Å²) in [6, 6.07) is 10.3. The Balaban J connectivity index is 2.13. The molecule has 0 aliphatic heterocycles. The predicted molar refractivity (Wildman–Crippen MR) is 83.2 cm³/mol. The van der Waals surface area contributed by atoms with Gasteiger partial charge in [0.1, 0.15) is 18.0 Å². The number of anilines is 1. The lowest BCUT2D eigenvalue weighted by molar-refractivity contribution is -0.384. The Morgan fingerprint density at radius 1 is 1.29 bits per heavy atom. The molecule has 2 aromatic carbocycles. The number of halogens is 1. The molecule has 0 unspecified atom stereocenters. The number of benzene rings is 2. The van der Waals surface area contributed by atoms with Crippen molar-refractivity contribution >= 4 is 23.0 Å². The average molecular weight is 307 g/mol. The summed E-state index contributed by atoms with van der Waals surface area (Å²) < 4.78 is 5.67. The minimum absolute atomic E-state index is 0.0450. The third-order valence-electron chi connectivity index (χ3n) is 3.06. The van der Waals surface area contributed by atoms with Crippen LogP contribution in [0.5, 0.6) is 5.75 Å². The van der Waals surface area contributed by atoms with Gasteiger partial charge in [-0.05, 0) is 48.4 Å². The number of aryl methyl sites for hydroxylation is 1. The second-order valence-corrected chi connectivity index (χ2v) is 4.97. The first kappa shape index (κ1) is 15.1. The van der Waals surface area contributed by atoms with Gasteiger partial charge in [-0.15, -0.1) is 0 Å². The second-order valence-electron chi connectivity index (χ2n) is 4.56. The third-order valence-corrected chi connectivity index (χ3v) is 3.49. The Kier molecular flexibility index (Phi) is 4.65. The molecule has 2 aromatic rings. The fourth-order valence-corrected chi connectivity index (χ4v) is 2.02. The summed E-state index contributed by atoms with van der Waals surface area (Å²) in [4.78, 5) is 10.4. The van der Waals surface area contributed by atoms with E-state index in [1.54, 1.807) is 31.3 Å². The monoisotopic (exact) mass is 306 g/mol. The van der Waals surface area contributed by atoms with Crippen LogP contribution in [0.3, 0.4) is 0 Å². The van der Waals surface area contributed by atoms with Gasteiger partial charge in [-0.1, -0.05) is 11.6 Å². The number of hydrogen-bond acceptors (Lipinski definition) is 4. The molecule has 0 aromatic heterocycles. The van der Waals surface area contributed by atoms with Gasteiger partial charge in [0.15, 0.2) is 0 Å². The highest BCUT2D eigenvalue weighted by Gasteiger charge is 2.13. The number of nitro benzene ring substituents is 1. The molecule has 21 heavy (non-hydrogen) atoms. The maximum Gasteiger partial charge on any atom is 0.292 e. The van der Waals surface area contributed by atoms with E-state index in [1.807, 2.05) is 13.0 Å². The zero-order valence-corrected chi connectivity index (χ0v) is 12.5. The molecule has 0 atom stereocenters. The van der Waals surface area contributed by atoms with Crippen molar-refractivity contribution in [1.82, 2.24) is 0 Å². The van der Waals surface area contributed by atoms with Gasteiger partial charge in [0.2, 0.25) is 0 Å². The van der Waals surface area contributed by atoms with Gasteiger partial charge < -0.3 is 10.1 Å². The molecule has 110 valence electrons. The van der Waals surface area contributed by atoms with Gasteiger partial charge in [0.25, 0.3) is 5.69 Å². The quantitative estimate of drug-likeness (QED) is 0.665. The molecular formula is C15H15ClN2O3. The van der Waals surface area contributed by atoms with Crippen LogP contribution < -0.4 is 10.1 Å². The van der Waals surface area contributed by atoms with Crippen LogP contribution in [0, 0.1) is 17.0 Å². The lowest BCUT2D eigenvalue weighted by Gasteiger charge is -2.09. The predicted octanol–water partition coefficient (Wildman–Crippen LogP) is 4.18. The van der Waals surface area contributed by atoms with Crippen LogP contribution in [-0.2, 0) is 6.61 Å². The summed E-state index contributed by atoms with van der Waals surface area (Å²) >= 11 is 5.96. The van der Waals surface area contributed by atoms with Gasteiger partial charge in [0, 0.05) is 18.1 Å². The van der Waals surface area contributed by atoms with Crippen LogP contribution in [-0.4, -0.2) is 12.0 Å². The first-order valence-electron chi connectivity index (χ1n) is 6.35. The van der Waals surface area contributed by atoms with Crippen molar-refractivity contribution in [2.24, 2.45) is 0 Å². The molecule has 0 saturated carbocycles. The summed E-state index contributed by atoms with van der Waals surface area (Å²) in [6.07, 6.45) is 0. The van der Waals surface area contributed by atoms with Crippen LogP contribution in [0.4, 0.5) is 11.4 Å². The Bertz CT molecular complexity index is 674. The minimum atomic E-state index is -0.418. The summed E-state index contributed by atoms with van der Waals surface area (Å²) in [5, 5.41) is 14.4. The summed E-state index contributed by atoms with van der Waals surface area (Å²) in [5.41, 5.74) is 2.29. The standard InChI is InChI=1S/C15H15ClN2O3/c1-10-7-12(4-5-13(10)16)21-9-11-3-6-15(18(19)20)14(8-11)17-2/h3-8,17H,9H2,1-2H3. The summed E-state index contributed by atoms with van der Waals surface area (Å²) in [7, 11) is 1.65. The topological polar surface area (TPSA) is 64.4 Å². The first-order valence-corrected chi connectivity index (χ1v) is 6.73. The lowest BCUT2D eigenvalue weighted by atomic mass is 10.2. The van der Waals surface area contributed by atoms with Gasteiger partial charge in [-0.25, -0.2) is 0 Å². The van der Waals surface area contributed by atoms with Gasteiger partial charge >= 0.3 is 0 Å². The van der Waals surface area contributed by atoms with Crippen LogP contribution >= 0.6 is 11.6 Å². The zero-order valence-electron chi connectivity index (χ0n) is 11.7. The Labute approximate surface area is 127 Å². The van der Waals surface area contributed by atoms with E-state index in [1.165, 1.54) is 6.07 Å². The molecule has 1 N–H and O–H groups in total. The lowest BCUT2D eigenvalue weighted by Crippen LogP contribution is -2.00. The molecule has 6 heteroatoms. The highest BCUT2D eigenvalue weighted by atomic mass is 35.5. The molecule has 0 aliphatic carbocycles. The number of rotatable bonds is 5. The SMILES string of the molecule is CNc1cc(COc2ccc(Cl)c(C)c2)ccc1[N+](=O)[O-]. The fourth-order valence-electron chi connectivity index (χ4n) is 1.91. The molecule has 5 nitrogen and oxygen atoms in total. The van der Waals surface area contributed by atoms with Crippen molar-refractivity contribution in [1.29, 1.82) is 0 Å². The largest absolute Gasteiger partial charge is 0.489 e.